The second-order valence-corrected chi connectivity index (χ2v) is 10.1. The molecule has 3 aliphatic rings. The number of amides is 3. The molecule has 2 bridgehead atoms. The van der Waals surface area contributed by atoms with Gasteiger partial charge in [-0.1, -0.05) is 0 Å². The van der Waals surface area contributed by atoms with Gasteiger partial charge in [0.05, 0.1) is 24.5 Å². The molecule has 3 amide bonds. The Balaban J connectivity index is 1.27. The van der Waals surface area contributed by atoms with Crippen molar-refractivity contribution in [3.63, 3.8) is 0 Å². The van der Waals surface area contributed by atoms with Crippen LogP contribution in [0.2, 0.25) is 0 Å². The first-order valence-electron chi connectivity index (χ1n) is 12.5. The number of nitrogens with zero attached hydrogens (tertiary/aromatic N) is 4. The lowest BCUT2D eigenvalue weighted by molar-refractivity contribution is -0.149. The number of rotatable bonds is 6. The van der Waals surface area contributed by atoms with Crippen molar-refractivity contribution in [3.05, 3.63) is 36.2 Å². The molecule has 0 aliphatic carbocycles. The Kier molecular flexibility index (Phi) is 7.01. The summed E-state index contributed by atoms with van der Waals surface area (Å²) in [5.41, 5.74) is 0.405. The smallest absolute Gasteiger partial charge is 0.408 e. The summed E-state index contributed by atoms with van der Waals surface area (Å²) in [6, 6.07) is 3.41. The minimum absolute atomic E-state index is 0.204. The number of alkyl halides is 3. The molecule has 3 aliphatic heterocycles. The van der Waals surface area contributed by atoms with Crippen LogP contribution in [0.15, 0.2) is 30.5 Å². The average molecular weight is 551 g/mol. The van der Waals surface area contributed by atoms with E-state index in [-0.39, 0.29) is 36.1 Å². The number of aromatic nitrogens is 2. The summed E-state index contributed by atoms with van der Waals surface area (Å²) >= 11 is 0. The van der Waals surface area contributed by atoms with Crippen LogP contribution in [0.3, 0.4) is 0 Å². The van der Waals surface area contributed by atoms with Gasteiger partial charge in [0.25, 0.3) is 5.91 Å². The van der Waals surface area contributed by atoms with E-state index in [4.69, 9.17) is 14.2 Å². The Morgan fingerprint density at radius 1 is 1.26 bits per heavy atom. The van der Waals surface area contributed by atoms with Gasteiger partial charge in [-0.15, -0.1) is 0 Å². The molecule has 1 unspecified atom stereocenters. The Bertz CT molecular complexity index is 1240. The Morgan fingerprint density at radius 2 is 2.05 bits per heavy atom. The van der Waals surface area contributed by atoms with E-state index < -0.39 is 29.9 Å². The summed E-state index contributed by atoms with van der Waals surface area (Å²) in [4.78, 5) is 37.9. The van der Waals surface area contributed by atoms with Gasteiger partial charge >= 0.3 is 12.2 Å². The highest BCUT2D eigenvalue weighted by molar-refractivity contribution is 6.05. The number of hydrogen-bond acceptors (Lipinski definition) is 8. The molecule has 2 saturated heterocycles. The molecular formula is C25H29F3N6O5. The number of anilines is 3. The molecule has 0 radical (unpaired) electrons. The summed E-state index contributed by atoms with van der Waals surface area (Å²) in [6.07, 6.45) is -2.66. The van der Waals surface area contributed by atoms with Crippen molar-refractivity contribution >= 4 is 29.3 Å². The first kappa shape index (κ1) is 26.9. The van der Waals surface area contributed by atoms with Crippen LogP contribution >= 0.6 is 0 Å². The third-order valence-corrected chi connectivity index (χ3v) is 6.72. The highest BCUT2D eigenvalue weighted by Gasteiger charge is 2.41. The Labute approximate surface area is 222 Å². The number of carbonyl (C=O) groups excluding carboxylic acids is 2. The number of pyridine rings is 2. The maximum absolute atomic E-state index is 13.4. The lowest BCUT2D eigenvalue weighted by Crippen LogP contribution is -2.49. The zero-order chi connectivity index (χ0) is 27.9. The van der Waals surface area contributed by atoms with E-state index in [0.717, 1.165) is 6.92 Å². The molecule has 2 fully saturated rings. The van der Waals surface area contributed by atoms with Gasteiger partial charge in [0, 0.05) is 13.1 Å². The maximum Gasteiger partial charge on any atom is 0.408 e. The van der Waals surface area contributed by atoms with Crippen molar-refractivity contribution in [1.82, 2.24) is 15.3 Å². The van der Waals surface area contributed by atoms with Crippen molar-refractivity contribution < 1.29 is 37.0 Å². The predicted octanol–water partition coefficient (Wildman–Crippen LogP) is 3.32. The number of hydrogen-bond donors (Lipinski definition) is 2. The van der Waals surface area contributed by atoms with Crippen LogP contribution in [0, 0.1) is 0 Å². The fourth-order valence-electron chi connectivity index (χ4n) is 4.69. The summed E-state index contributed by atoms with van der Waals surface area (Å²) < 4.78 is 55.7. The minimum atomic E-state index is -4.59. The summed E-state index contributed by atoms with van der Waals surface area (Å²) in [7, 11) is 0. The van der Waals surface area contributed by atoms with E-state index in [1.807, 2.05) is 24.1 Å². The van der Waals surface area contributed by atoms with Crippen molar-refractivity contribution in [2.75, 3.05) is 41.4 Å². The van der Waals surface area contributed by atoms with Crippen molar-refractivity contribution in [3.8, 4) is 5.75 Å². The zero-order valence-electron chi connectivity index (χ0n) is 21.6. The lowest BCUT2D eigenvalue weighted by atomic mass is 10.1. The highest BCUT2D eigenvalue weighted by atomic mass is 19.4. The first-order chi connectivity index (χ1) is 18.4. The zero-order valence-corrected chi connectivity index (χ0v) is 21.6. The normalized spacial score (nSPS) is 22.3. The number of urea groups is 1. The molecule has 0 aromatic carbocycles. The second-order valence-electron chi connectivity index (χ2n) is 10.1. The molecule has 2 aromatic heterocycles. The minimum Gasteiger partial charge on any atom is -0.489 e. The van der Waals surface area contributed by atoms with Crippen LogP contribution in [-0.4, -0.2) is 78.4 Å². The van der Waals surface area contributed by atoms with E-state index >= 15 is 0 Å². The van der Waals surface area contributed by atoms with Crippen molar-refractivity contribution in [1.29, 1.82) is 0 Å². The molecule has 0 spiro atoms. The Hall–Kier alpha value is -3.65. The largest absolute Gasteiger partial charge is 0.489 e. The van der Waals surface area contributed by atoms with E-state index in [1.54, 1.807) is 18.2 Å². The van der Waals surface area contributed by atoms with Gasteiger partial charge in [0.15, 0.2) is 11.6 Å². The van der Waals surface area contributed by atoms with Gasteiger partial charge in [0.2, 0.25) is 0 Å². The van der Waals surface area contributed by atoms with Crippen LogP contribution in [0.5, 0.6) is 5.75 Å². The molecule has 11 nitrogen and oxygen atoms in total. The fourth-order valence-corrected chi connectivity index (χ4v) is 4.69. The van der Waals surface area contributed by atoms with Crippen molar-refractivity contribution in [2.24, 2.45) is 0 Å². The van der Waals surface area contributed by atoms with E-state index in [0.29, 0.717) is 37.6 Å². The molecule has 210 valence electrons. The van der Waals surface area contributed by atoms with Gasteiger partial charge in [-0.25, -0.2) is 14.8 Å². The van der Waals surface area contributed by atoms with Crippen LogP contribution in [-0.2, 0) is 9.47 Å². The number of fused-ring (bicyclic) bond motifs is 4. The monoisotopic (exact) mass is 550 g/mol. The summed E-state index contributed by atoms with van der Waals surface area (Å²) in [6.45, 7) is 6.46. The SMILES string of the molecule is C[C@@H](NC(=O)c1ccc2c(n1)N(C(=O)Nc1ccc(OC[C@@H]3COC(C)(C)O3)cn1)C1CCN2C1)C(F)(F)F. The van der Waals surface area contributed by atoms with Crippen LogP contribution in [0.25, 0.3) is 0 Å². The third-order valence-electron chi connectivity index (χ3n) is 6.72. The molecule has 2 aromatic rings. The van der Waals surface area contributed by atoms with Crippen molar-refractivity contribution in [2.45, 2.75) is 57.3 Å². The number of nitrogens with one attached hydrogen (secondary N) is 2. The van der Waals surface area contributed by atoms with Gasteiger partial charge in [-0.05, 0) is 51.5 Å². The Morgan fingerprint density at radius 3 is 2.72 bits per heavy atom. The molecule has 3 atom stereocenters. The molecule has 39 heavy (non-hydrogen) atoms. The number of halogens is 3. The summed E-state index contributed by atoms with van der Waals surface area (Å²) in [5, 5.41) is 4.65. The van der Waals surface area contributed by atoms with Gasteiger partial charge in [-0.2, -0.15) is 13.2 Å². The standard InChI is InChI=1S/C25H29F3N6O5/c1-14(25(26,27)28)30-22(35)18-5-6-19-21(31-18)34(15-8-9-33(19)11-15)23(36)32-20-7-4-16(10-29-20)37-12-17-13-38-24(2,3)39-17/h4-7,10,14-15,17H,8-9,11-13H2,1-3H3,(H,30,35)(H,29,32,36)/t14-,15?,17-/m1/s1. The van der Waals surface area contributed by atoms with Crippen LogP contribution in [0.4, 0.5) is 35.3 Å². The van der Waals surface area contributed by atoms with Gasteiger partial charge in [0.1, 0.15) is 36.0 Å². The molecular weight excluding hydrogens is 521 g/mol. The quantitative estimate of drug-likeness (QED) is 0.563. The first-order valence-corrected chi connectivity index (χ1v) is 12.5. The maximum atomic E-state index is 13.4. The topological polar surface area (TPSA) is 118 Å². The van der Waals surface area contributed by atoms with Gasteiger partial charge in [-0.3, -0.25) is 15.0 Å². The highest BCUT2D eigenvalue weighted by Crippen LogP contribution is 2.39. The van der Waals surface area contributed by atoms with Crippen LogP contribution in [0.1, 0.15) is 37.7 Å². The lowest BCUT2D eigenvalue weighted by Gasteiger charge is -2.35. The van der Waals surface area contributed by atoms with E-state index in [9.17, 15) is 22.8 Å². The average Bonchev–Trinajstić information content (AvgIpc) is 3.45. The van der Waals surface area contributed by atoms with E-state index in [2.05, 4.69) is 15.3 Å². The van der Waals surface area contributed by atoms with Gasteiger partial charge < -0.3 is 24.4 Å². The molecule has 0 saturated carbocycles. The number of carbonyl (C=O) groups is 2. The second kappa shape index (κ2) is 10.2. The number of ether oxygens (including phenoxy) is 3. The molecule has 5 rings (SSSR count). The summed E-state index contributed by atoms with van der Waals surface area (Å²) in [5.74, 6) is -0.670. The molecule has 2 N–H and O–H groups in total. The third kappa shape index (κ3) is 5.86. The fraction of sp³-hybridized carbons (Fsp3) is 0.520. The molecule has 5 heterocycles. The predicted molar refractivity (Wildman–Crippen MR) is 134 cm³/mol. The molecule has 14 heteroatoms. The van der Waals surface area contributed by atoms with Crippen LogP contribution < -0.4 is 25.2 Å². The van der Waals surface area contributed by atoms with E-state index in [1.165, 1.54) is 17.2 Å².